The molecule has 0 heterocycles. The molecule has 0 fully saturated rings. The highest BCUT2D eigenvalue weighted by Crippen LogP contribution is 2.53. The van der Waals surface area contributed by atoms with E-state index in [9.17, 15) is 0 Å². The maximum absolute atomic E-state index is 6.24. The highest BCUT2D eigenvalue weighted by Gasteiger charge is 2.35. The van der Waals surface area contributed by atoms with E-state index >= 15 is 0 Å². The normalized spacial score (nSPS) is 13.5. The van der Waals surface area contributed by atoms with Crippen molar-refractivity contribution in [1.29, 1.82) is 0 Å². The first kappa shape index (κ1) is 29.7. The lowest BCUT2D eigenvalue weighted by Crippen LogP contribution is -2.39. The van der Waals surface area contributed by atoms with Crippen LogP contribution < -0.4 is 0 Å². The van der Waals surface area contributed by atoms with Gasteiger partial charge in [-0.05, 0) is 66.9 Å². The van der Waals surface area contributed by atoms with Crippen LogP contribution in [0.3, 0.4) is 0 Å². The second-order valence-corrected chi connectivity index (χ2v) is 18.6. The van der Waals surface area contributed by atoms with E-state index in [4.69, 9.17) is 18.9 Å². The number of hydrogen-bond donors (Lipinski definition) is 0. The molecule has 0 saturated carbocycles. The average molecular weight is 507 g/mol. The number of rotatable bonds is 21. The lowest BCUT2D eigenvalue weighted by molar-refractivity contribution is -0.116. The monoisotopic (exact) mass is 506 g/mol. The molecule has 0 bridgehead atoms. The zero-order chi connectivity index (χ0) is 21.1. The average Bonchev–Trinajstić information content (AvgIpc) is 2.71. The summed E-state index contributed by atoms with van der Waals surface area (Å²) < 4.78 is 24.1. The van der Waals surface area contributed by atoms with Crippen LogP contribution in [0.15, 0.2) is 0 Å². The summed E-state index contributed by atoms with van der Waals surface area (Å²) in [6.07, 6.45) is 4.07. The Balaban J connectivity index is 4.88. The van der Waals surface area contributed by atoms with Gasteiger partial charge >= 0.3 is 0 Å². The Kier molecular flexibility index (Phi) is 20.5. The van der Waals surface area contributed by atoms with E-state index in [1.165, 1.54) is 12.1 Å². The Hall–Kier alpha value is 1.67. The van der Waals surface area contributed by atoms with Crippen LogP contribution in [-0.4, -0.2) is 55.0 Å². The summed E-state index contributed by atoms with van der Waals surface area (Å²) in [5.41, 5.74) is 0. The molecule has 28 heavy (non-hydrogen) atoms. The lowest BCUT2D eigenvalue weighted by atomic mass is 10.5. The first-order valence-electron chi connectivity index (χ1n) is 10.8. The Bertz CT molecular complexity index is 310. The van der Waals surface area contributed by atoms with Crippen LogP contribution >= 0.6 is 41.2 Å². The van der Waals surface area contributed by atoms with Crippen LogP contribution in [-0.2, 0) is 18.9 Å². The molecule has 0 unspecified atom stereocenters. The van der Waals surface area contributed by atoms with Crippen LogP contribution in [0, 0.1) is 0 Å². The fraction of sp³-hybridized carbons (Fsp3) is 1.00. The molecule has 0 spiro atoms. The molecule has 0 N–H and O–H groups in total. The van der Waals surface area contributed by atoms with Crippen molar-refractivity contribution in [3.05, 3.63) is 0 Å². The molecule has 170 valence electrons. The quantitative estimate of drug-likeness (QED) is 0.0836. The number of ether oxygens (including phenoxy) is 4. The van der Waals surface area contributed by atoms with Crippen LogP contribution in [0.4, 0.5) is 0 Å². The van der Waals surface area contributed by atoms with Crippen molar-refractivity contribution in [2.45, 2.75) is 88.8 Å². The third-order valence-electron chi connectivity index (χ3n) is 3.57. The summed E-state index contributed by atoms with van der Waals surface area (Å²) in [5, 5.41) is 0. The van der Waals surface area contributed by atoms with Crippen LogP contribution in [0.25, 0.3) is 0 Å². The van der Waals surface area contributed by atoms with E-state index < -0.39 is 28.5 Å². The summed E-state index contributed by atoms with van der Waals surface area (Å²) >= 11 is 0. The van der Waals surface area contributed by atoms with Gasteiger partial charge in [0, 0.05) is 0 Å². The first-order valence-corrected chi connectivity index (χ1v) is 19.1. The molecular weight excluding hydrogens is 465 g/mol. The van der Waals surface area contributed by atoms with Crippen molar-refractivity contribution in [1.82, 2.24) is 0 Å². The van der Waals surface area contributed by atoms with Gasteiger partial charge in [-0.25, -0.2) is 0 Å². The van der Waals surface area contributed by atoms with Gasteiger partial charge in [0.2, 0.25) is 9.48 Å². The molecule has 0 atom stereocenters. The third kappa shape index (κ3) is 13.2. The molecule has 0 aromatic carbocycles. The zero-order valence-electron chi connectivity index (χ0n) is 18.8. The molecule has 0 saturated heterocycles. The van der Waals surface area contributed by atoms with E-state index in [1.807, 2.05) is 0 Å². The van der Waals surface area contributed by atoms with Gasteiger partial charge in [0.1, 0.15) is 19.0 Å². The highest BCUT2D eigenvalue weighted by atomic mass is 33.7. The molecule has 0 aliphatic rings. The largest absolute Gasteiger partial charge is 0.345 e. The van der Waals surface area contributed by atoms with E-state index in [1.54, 1.807) is 41.2 Å². The molecule has 0 radical (unpaired) electrons. The summed E-state index contributed by atoms with van der Waals surface area (Å²) in [6, 6.07) is 2.34. The topological polar surface area (TPSA) is 36.9 Å². The fourth-order valence-electron chi connectivity index (χ4n) is 2.33. The first-order chi connectivity index (χ1) is 13.6. The van der Waals surface area contributed by atoms with Crippen LogP contribution in [0.5, 0.6) is 0 Å². The Morgan fingerprint density at radius 2 is 0.821 bits per heavy atom. The minimum absolute atomic E-state index is 0.418. The molecule has 0 aliphatic heterocycles. The van der Waals surface area contributed by atoms with Gasteiger partial charge in [0.15, 0.2) is 0 Å². The van der Waals surface area contributed by atoms with E-state index in [2.05, 4.69) is 41.5 Å². The second kappa shape index (κ2) is 19.4. The summed E-state index contributed by atoms with van der Waals surface area (Å²) in [6.45, 7) is 16.1. The van der Waals surface area contributed by atoms with Crippen molar-refractivity contribution in [3.63, 3.8) is 0 Å². The summed E-state index contributed by atoms with van der Waals surface area (Å²) in [5.74, 6) is 0. The molecule has 0 aromatic rings. The van der Waals surface area contributed by atoms with Gasteiger partial charge in [0.25, 0.3) is 0 Å². The number of hydrogen-bond acceptors (Lipinski definition) is 8. The summed E-state index contributed by atoms with van der Waals surface area (Å²) in [7, 11) is 6.07. The maximum atomic E-state index is 6.24. The van der Waals surface area contributed by atoms with Crippen molar-refractivity contribution < 1.29 is 18.9 Å². The third-order valence-corrected chi connectivity index (χ3v) is 16.4. The zero-order valence-corrected chi connectivity index (χ0v) is 24.8. The van der Waals surface area contributed by atoms with E-state index in [0.29, 0.717) is 0 Å². The van der Waals surface area contributed by atoms with Crippen molar-refractivity contribution >= 4 is 60.3 Å². The molecule has 0 amide bonds. The van der Waals surface area contributed by atoms with Crippen LogP contribution in [0.1, 0.15) is 67.2 Å². The van der Waals surface area contributed by atoms with E-state index in [0.717, 1.165) is 52.1 Å². The Morgan fingerprint density at radius 3 is 1.04 bits per heavy atom. The second-order valence-electron chi connectivity index (χ2n) is 6.56. The predicted octanol–water partition coefficient (Wildman–Crippen LogP) is 5.81. The van der Waals surface area contributed by atoms with Gasteiger partial charge in [-0.3, -0.25) is 0 Å². The molecule has 0 rings (SSSR count). The van der Waals surface area contributed by atoms with Gasteiger partial charge in [-0.2, -0.15) is 0 Å². The minimum atomic E-state index is -0.489. The fourth-order valence-corrected chi connectivity index (χ4v) is 16.7. The van der Waals surface area contributed by atoms with Gasteiger partial charge in [0.05, 0.1) is 26.4 Å². The molecule has 4 nitrogen and oxygen atoms in total. The maximum Gasteiger partial charge on any atom is 0.200 e. The summed E-state index contributed by atoms with van der Waals surface area (Å²) in [4.78, 5) is 0. The van der Waals surface area contributed by atoms with Crippen molar-refractivity contribution in [2.24, 2.45) is 0 Å². The Labute approximate surface area is 193 Å². The van der Waals surface area contributed by atoms with Crippen molar-refractivity contribution in [3.8, 4) is 0 Å². The van der Waals surface area contributed by atoms with Crippen molar-refractivity contribution in [2.75, 3.05) is 26.4 Å². The molecular formula is C18H42O4S4Si2. The molecule has 10 heteroatoms. The highest BCUT2D eigenvalue weighted by molar-refractivity contribution is 9.26. The Morgan fingerprint density at radius 1 is 0.536 bits per heavy atom. The SMILES string of the molecule is CCCOC(OCCC)([SiH2]CC)SSSSC(OCCC)(OCCC)[SiH2]CC. The van der Waals surface area contributed by atoms with Gasteiger partial charge in [-0.1, -0.05) is 53.6 Å². The smallest absolute Gasteiger partial charge is 0.200 e. The van der Waals surface area contributed by atoms with Gasteiger partial charge in [-0.15, -0.1) is 0 Å². The molecule has 0 aliphatic carbocycles. The molecule has 0 aromatic heterocycles. The minimum Gasteiger partial charge on any atom is -0.345 e. The predicted molar refractivity (Wildman–Crippen MR) is 139 cm³/mol. The standard InChI is InChI=1S/C18H42O4S4Si2/c1-7-13-19-17(27-11-5,20-14-8-2)23-25-26-24-18(28-12-6,21-15-9-3)22-16-10-4/h7-16,27-28H2,1-6H3. The van der Waals surface area contributed by atoms with E-state index in [-0.39, 0.29) is 0 Å². The van der Waals surface area contributed by atoms with Gasteiger partial charge < -0.3 is 18.9 Å². The van der Waals surface area contributed by atoms with Crippen LogP contribution in [0.2, 0.25) is 12.1 Å². The lowest BCUT2D eigenvalue weighted by Gasteiger charge is -2.34.